The second kappa shape index (κ2) is 9.29. The topological polar surface area (TPSA) is 20.2 Å². The highest BCUT2D eigenvalue weighted by molar-refractivity contribution is 5.25. The van der Waals surface area contributed by atoms with Gasteiger partial charge >= 0.3 is 0 Å². The van der Waals surface area contributed by atoms with Crippen LogP contribution in [0, 0.1) is 39.9 Å². The van der Waals surface area contributed by atoms with Gasteiger partial charge in [-0.25, -0.2) is 0 Å². The Bertz CT molecular complexity index is 598. The van der Waals surface area contributed by atoms with Crippen molar-refractivity contribution in [2.24, 2.45) is 39.9 Å². The Morgan fingerprint density at radius 3 is 2.40 bits per heavy atom. The van der Waals surface area contributed by atoms with Crippen molar-refractivity contribution in [2.75, 3.05) is 0 Å². The quantitative estimate of drug-likeness (QED) is 0.359. The van der Waals surface area contributed by atoms with Crippen LogP contribution in [-0.2, 0) is 0 Å². The van der Waals surface area contributed by atoms with Gasteiger partial charge in [-0.05, 0) is 104 Å². The van der Waals surface area contributed by atoms with E-state index in [2.05, 4.69) is 40.7 Å². The zero-order valence-corrected chi connectivity index (χ0v) is 21.4. The molecule has 4 unspecified atom stereocenters. The van der Waals surface area contributed by atoms with Crippen molar-refractivity contribution in [3.05, 3.63) is 11.6 Å². The van der Waals surface area contributed by atoms with Crippen LogP contribution in [0.5, 0.6) is 0 Å². The molecule has 0 bridgehead atoms. The fraction of sp³-hybridized carbons (Fsp3) is 0.931. The summed E-state index contributed by atoms with van der Waals surface area (Å²) in [6.07, 6.45) is 18.6. The molecule has 3 saturated carbocycles. The molecule has 0 aromatic rings. The van der Waals surface area contributed by atoms with Gasteiger partial charge in [-0.3, -0.25) is 0 Å². The molecule has 1 N–H and O–H groups in total. The van der Waals surface area contributed by atoms with Gasteiger partial charge < -0.3 is 5.11 Å². The fourth-order valence-corrected chi connectivity index (χ4v) is 8.27. The minimum absolute atomic E-state index is 0.0753. The number of aliphatic hydroxyl groups excluding tert-OH is 1. The zero-order chi connectivity index (χ0) is 22.2. The SMILES string of the molecule is CC.CC(C)(C)CCCC[C@H]1CCC2[C@@H]3CC=C4CC(O)CCC4(C)C3CC[C@@]21C. The standard InChI is InChI=1S/C27H46O.C2H6/c1-25(2,3)15-7-6-8-19-10-12-23-22-11-9-20-18-21(28)13-16-27(20,5)24(22)14-17-26(19,23)4;1-2/h9,19,21-24,28H,6-8,10-18H2,1-5H3;1-2H3/t19-,21?,22-,23?,24?,26+,27?;/m0./s1. The molecule has 0 amide bonds. The second-order valence-corrected chi connectivity index (χ2v) is 12.8. The lowest BCUT2D eigenvalue weighted by molar-refractivity contribution is -0.0509. The lowest BCUT2D eigenvalue weighted by Gasteiger charge is -2.58. The first kappa shape index (κ1) is 24.3. The molecule has 7 atom stereocenters. The second-order valence-electron chi connectivity index (χ2n) is 12.8. The first-order valence-electron chi connectivity index (χ1n) is 13.5. The van der Waals surface area contributed by atoms with E-state index in [9.17, 15) is 5.11 Å². The third kappa shape index (κ3) is 4.57. The molecule has 0 spiro atoms. The van der Waals surface area contributed by atoms with Crippen LogP contribution in [0.2, 0.25) is 0 Å². The van der Waals surface area contributed by atoms with Crippen LogP contribution < -0.4 is 0 Å². The maximum absolute atomic E-state index is 10.2. The molecule has 174 valence electrons. The van der Waals surface area contributed by atoms with E-state index in [4.69, 9.17) is 0 Å². The van der Waals surface area contributed by atoms with E-state index < -0.39 is 0 Å². The fourth-order valence-electron chi connectivity index (χ4n) is 8.27. The van der Waals surface area contributed by atoms with Gasteiger partial charge in [0, 0.05) is 0 Å². The Hall–Kier alpha value is -0.300. The van der Waals surface area contributed by atoms with Crippen molar-refractivity contribution in [1.29, 1.82) is 0 Å². The Kier molecular flexibility index (Phi) is 7.53. The predicted octanol–water partition coefficient (Wildman–Crippen LogP) is 8.56. The van der Waals surface area contributed by atoms with Crippen LogP contribution in [0.4, 0.5) is 0 Å². The van der Waals surface area contributed by atoms with Gasteiger partial charge in [-0.1, -0.05) is 73.0 Å². The van der Waals surface area contributed by atoms with Crippen LogP contribution in [0.15, 0.2) is 11.6 Å². The normalized spacial score (nSPS) is 42.9. The lowest BCUT2D eigenvalue weighted by atomic mass is 9.47. The minimum atomic E-state index is -0.0753. The van der Waals surface area contributed by atoms with E-state index >= 15 is 0 Å². The third-order valence-corrected chi connectivity index (χ3v) is 10.0. The summed E-state index contributed by atoms with van der Waals surface area (Å²) in [6, 6.07) is 0. The van der Waals surface area contributed by atoms with Crippen molar-refractivity contribution in [3.63, 3.8) is 0 Å². The van der Waals surface area contributed by atoms with E-state index in [-0.39, 0.29) is 6.10 Å². The molecule has 1 nitrogen and oxygen atoms in total. The van der Waals surface area contributed by atoms with Gasteiger partial charge in [0.2, 0.25) is 0 Å². The van der Waals surface area contributed by atoms with Crippen LogP contribution >= 0.6 is 0 Å². The molecule has 1 heteroatoms. The first-order chi connectivity index (χ1) is 14.1. The van der Waals surface area contributed by atoms with Crippen molar-refractivity contribution in [2.45, 2.75) is 132 Å². The number of unbranched alkanes of at least 4 members (excludes halogenated alkanes) is 1. The molecular weight excluding hydrogens is 364 g/mol. The molecule has 4 aliphatic rings. The summed E-state index contributed by atoms with van der Waals surface area (Å²) >= 11 is 0. The van der Waals surface area contributed by atoms with Gasteiger partial charge in [0.25, 0.3) is 0 Å². The molecule has 0 radical (unpaired) electrons. The Morgan fingerprint density at radius 2 is 1.70 bits per heavy atom. The monoisotopic (exact) mass is 416 g/mol. The summed E-state index contributed by atoms with van der Waals surface area (Å²) in [6.45, 7) is 16.4. The van der Waals surface area contributed by atoms with Crippen molar-refractivity contribution in [1.82, 2.24) is 0 Å². The predicted molar refractivity (Wildman–Crippen MR) is 130 cm³/mol. The van der Waals surface area contributed by atoms with Gasteiger partial charge in [0.1, 0.15) is 0 Å². The molecule has 4 aliphatic carbocycles. The van der Waals surface area contributed by atoms with Crippen molar-refractivity contribution >= 4 is 0 Å². The first-order valence-corrected chi connectivity index (χ1v) is 13.5. The highest BCUT2D eigenvalue weighted by atomic mass is 16.3. The Labute approximate surface area is 188 Å². The highest BCUT2D eigenvalue weighted by Gasteiger charge is 2.58. The number of hydrogen-bond acceptors (Lipinski definition) is 1. The third-order valence-electron chi connectivity index (χ3n) is 10.0. The molecule has 0 saturated heterocycles. The van der Waals surface area contributed by atoms with E-state index in [1.807, 2.05) is 13.8 Å². The smallest absolute Gasteiger partial charge is 0.0577 e. The van der Waals surface area contributed by atoms with Crippen LogP contribution in [-0.4, -0.2) is 11.2 Å². The minimum Gasteiger partial charge on any atom is -0.393 e. The largest absolute Gasteiger partial charge is 0.393 e. The molecule has 0 aromatic carbocycles. The number of allylic oxidation sites excluding steroid dienone is 1. The van der Waals surface area contributed by atoms with Gasteiger partial charge in [-0.2, -0.15) is 0 Å². The summed E-state index contributed by atoms with van der Waals surface area (Å²) in [5.74, 6) is 3.74. The maximum Gasteiger partial charge on any atom is 0.0577 e. The highest BCUT2D eigenvalue weighted by Crippen LogP contribution is 2.66. The summed E-state index contributed by atoms with van der Waals surface area (Å²) in [7, 11) is 0. The summed E-state index contributed by atoms with van der Waals surface area (Å²) in [5, 5.41) is 10.2. The van der Waals surface area contributed by atoms with Crippen molar-refractivity contribution in [3.8, 4) is 0 Å². The molecule has 0 aliphatic heterocycles. The van der Waals surface area contributed by atoms with Crippen LogP contribution in [0.3, 0.4) is 0 Å². The molecule has 3 fully saturated rings. The average molecular weight is 417 g/mol. The number of rotatable bonds is 4. The van der Waals surface area contributed by atoms with Gasteiger partial charge in [0.05, 0.1) is 6.10 Å². The van der Waals surface area contributed by atoms with E-state index in [0.29, 0.717) is 16.2 Å². The van der Waals surface area contributed by atoms with Crippen LogP contribution in [0.25, 0.3) is 0 Å². The zero-order valence-electron chi connectivity index (χ0n) is 21.4. The van der Waals surface area contributed by atoms with E-state index in [1.165, 1.54) is 64.2 Å². The molecule has 30 heavy (non-hydrogen) atoms. The molecule has 0 aromatic heterocycles. The van der Waals surface area contributed by atoms with Gasteiger partial charge in [0.15, 0.2) is 0 Å². The summed E-state index contributed by atoms with van der Waals surface area (Å²) < 4.78 is 0. The molecule has 4 rings (SSSR count). The Morgan fingerprint density at radius 1 is 0.967 bits per heavy atom. The van der Waals surface area contributed by atoms with Crippen molar-refractivity contribution < 1.29 is 5.11 Å². The van der Waals surface area contributed by atoms with E-state index in [1.54, 1.807) is 5.57 Å². The molecule has 0 heterocycles. The summed E-state index contributed by atoms with van der Waals surface area (Å²) in [5.41, 5.74) is 3.12. The molecular formula is C29H52O. The Balaban J connectivity index is 0.00000124. The number of hydrogen-bond donors (Lipinski definition) is 1. The van der Waals surface area contributed by atoms with Gasteiger partial charge in [-0.15, -0.1) is 0 Å². The van der Waals surface area contributed by atoms with Crippen LogP contribution in [0.1, 0.15) is 126 Å². The number of fused-ring (bicyclic) bond motifs is 5. The summed E-state index contributed by atoms with van der Waals surface area (Å²) in [4.78, 5) is 0. The maximum atomic E-state index is 10.2. The lowest BCUT2D eigenvalue weighted by Crippen LogP contribution is -2.50. The number of aliphatic hydroxyl groups is 1. The average Bonchev–Trinajstić information content (AvgIpc) is 3.03. The van der Waals surface area contributed by atoms with E-state index in [0.717, 1.165) is 36.5 Å².